The molecule has 2 unspecified atom stereocenters. The number of ether oxygens (including phenoxy) is 3. The minimum absolute atomic E-state index is 0.00685. The summed E-state index contributed by atoms with van der Waals surface area (Å²) in [6.45, 7) is 4.30. The van der Waals surface area contributed by atoms with Crippen LogP contribution < -0.4 is 0 Å². The lowest BCUT2D eigenvalue weighted by Gasteiger charge is -2.31. The third-order valence-electron chi connectivity index (χ3n) is 8.44. The highest BCUT2D eigenvalue weighted by molar-refractivity contribution is 5.72. The van der Waals surface area contributed by atoms with Gasteiger partial charge in [0, 0.05) is 19.3 Å². The summed E-state index contributed by atoms with van der Waals surface area (Å²) in [6.07, 6.45) is 59.0. The summed E-state index contributed by atoms with van der Waals surface area (Å²) in [6, 6.07) is -0.645. The Labute approximate surface area is 357 Å². The number of aliphatic carboxylic acids is 1. The lowest BCUT2D eigenvalue weighted by molar-refractivity contribution is -0.887. The summed E-state index contributed by atoms with van der Waals surface area (Å²) in [5.41, 5.74) is 0. The normalized spacial score (nSPS) is 14.4. The van der Waals surface area contributed by atoms with Crippen LogP contribution in [-0.4, -0.2) is 80.6 Å². The lowest BCUT2D eigenvalue weighted by Crippen LogP contribution is -2.50. The van der Waals surface area contributed by atoms with E-state index in [1.54, 1.807) is 0 Å². The molecule has 0 heterocycles. The number of hydrogen-bond acceptors (Lipinski definition) is 6. The SMILES string of the molecule is CC/C=C/C=C/C=C/C=C/C=C/C=C/C=C/CCCCCC(=O)OC(COCCC(C(=O)O)[N+](C)(C)C)COC(=O)CC/C=C/C/C=C/C/C=C/C/C=C/C/C=C/CC. The number of esters is 2. The van der Waals surface area contributed by atoms with Crippen LogP contribution in [0.15, 0.2) is 146 Å². The van der Waals surface area contributed by atoms with Crippen molar-refractivity contribution in [3.63, 3.8) is 0 Å². The molecule has 0 bridgehead atoms. The Hall–Kier alpha value is -4.79. The van der Waals surface area contributed by atoms with Gasteiger partial charge in [-0.2, -0.15) is 0 Å². The monoisotopic (exact) mass is 815 g/mol. The first-order valence-corrected chi connectivity index (χ1v) is 21.5. The molecule has 0 radical (unpaired) electrons. The Morgan fingerprint density at radius 3 is 1.53 bits per heavy atom. The third kappa shape index (κ3) is 38.5. The molecule has 0 saturated carbocycles. The van der Waals surface area contributed by atoms with Crippen molar-refractivity contribution in [3.05, 3.63) is 146 Å². The van der Waals surface area contributed by atoms with Gasteiger partial charge in [-0.1, -0.05) is 166 Å². The van der Waals surface area contributed by atoms with E-state index in [1.807, 2.05) is 106 Å². The van der Waals surface area contributed by atoms with Crippen LogP contribution in [-0.2, 0) is 28.6 Å². The van der Waals surface area contributed by atoms with Crippen molar-refractivity contribution in [2.45, 2.75) is 116 Å². The Morgan fingerprint density at radius 1 is 0.525 bits per heavy atom. The predicted molar refractivity (Wildman–Crippen MR) is 247 cm³/mol. The molecule has 0 aromatic rings. The number of quaternary nitrogens is 1. The number of nitrogens with zero attached hydrogens (tertiary/aromatic N) is 1. The number of carboxylic acids is 1. The number of unbranched alkanes of at least 4 members (excludes halogenated alkanes) is 3. The van der Waals surface area contributed by atoms with Gasteiger partial charge in [0.15, 0.2) is 12.1 Å². The van der Waals surface area contributed by atoms with E-state index < -0.39 is 18.1 Å². The van der Waals surface area contributed by atoms with E-state index in [0.29, 0.717) is 19.3 Å². The Morgan fingerprint density at radius 2 is 1.02 bits per heavy atom. The van der Waals surface area contributed by atoms with Gasteiger partial charge < -0.3 is 23.8 Å². The highest BCUT2D eigenvalue weighted by Gasteiger charge is 2.31. The molecule has 0 aliphatic carbocycles. The summed E-state index contributed by atoms with van der Waals surface area (Å²) >= 11 is 0. The van der Waals surface area contributed by atoms with Crippen molar-refractivity contribution in [1.29, 1.82) is 0 Å². The van der Waals surface area contributed by atoms with E-state index in [9.17, 15) is 19.5 Å². The molecule has 8 heteroatoms. The summed E-state index contributed by atoms with van der Waals surface area (Å²) in [7, 11) is 5.46. The molecule has 0 spiro atoms. The van der Waals surface area contributed by atoms with Gasteiger partial charge in [0.2, 0.25) is 0 Å². The van der Waals surface area contributed by atoms with Crippen LogP contribution in [0.2, 0.25) is 0 Å². The molecule has 0 aliphatic heterocycles. The maximum absolute atomic E-state index is 12.7. The second kappa shape index (κ2) is 40.0. The minimum atomic E-state index is -0.901. The van der Waals surface area contributed by atoms with Crippen LogP contribution in [0.5, 0.6) is 0 Å². The maximum Gasteiger partial charge on any atom is 0.362 e. The molecule has 326 valence electrons. The standard InChI is InChI=1S/C51H75NO7/c1-6-8-10-12-14-16-18-20-22-24-25-26-28-30-32-34-36-38-40-42-50(54)59-47(45-57-44-43-48(51(55)56)52(3,4)5)46-58-49(53)41-39-37-35-33-31-29-27-23-21-19-17-15-13-11-9-7-2/h8-12,14-18,20-26,28-32,35,37,47-48H,6-7,13,19,27,33-34,36,38-46H2,1-5H3/p+1/b10-8+,11-9+,14-12+,17-15+,18-16+,22-20+,23-21+,25-24+,28-26+,31-29+,32-30+,37-35+. The molecule has 8 nitrogen and oxygen atoms in total. The number of carboxylic acid groups (broad SMARTS) is 1. The zero-order valence-electron chi connectivity index (χ0n) is 36.9. The molecule has 0 aliphatic rings. The van der Waals surface area contributed by atoms with Crippen molar-refractivity contribution < 1.29 is 38.2 Å². The zero-order valence-corrected chi connectivity index (χ0v) is 36.9. The molecule has 0 saturated heterocycles. The second-order valence-electron chi connectivity index (χ2n) is 14.7. The average Bonchev–Trinajstić information content (AvgIpc) is 3.19. The topological polar surface area (TPSA) is 99.1 Å². The molecule has 0 fully saturated rings. The fourth-order valence-corrected chi connectivity index (χ4v) is 5.18. The molecule has 1 N–H and O–H groups in total. The first kappa shape index (κ1) is 54.2. The summed E-state index contributed by atoms with van der Waals surface area (Å²) in [4.78, 5) is 36.9. The molecule has 59 heavy (non-hydrogen) atoms. The summed E-state index contributed by atoms with van der Waals surface area (Å²) in [5, 5.41) is 9.62. The number of rotatable bonds is 35. The zero-order chi connectivity index (χ0) is 43.5. The van der Waals surface area contributed by atoms with Gasteiger partial charge in [0.05, 0.1) is 34.4 Å². The first-order valence-electron chi connectivity index (χ1n) is 21.5. The van der Waals surface area contributed by atoms with Crippen molar-refractivity contribution >= 4 is 17.9 Å². The van der Waals surface area contributed by atoms with Crippen molar-refractivity contribution in [3.8, 4) is 0 Å². The molecule has 0 rings (SSSR count). The Kier molecular flexibility index (Phi) is 36.8. The quantitative estimate of drug-likeness (QED) is 0.0224. The van der Waals surface area contributed by atoms with Crippen molar-refractivity contribution in [2.24, 2.45) is 0 Å². The van der Waals surface area contributed by atoms with Crippen LogP contribution in [0.4, 0.5) is 0 Å². The van der Waals surface area contributed by atoms with E-state index in [1.165, 1.54) is 0 Å². The van der Waals surface area contributed by atoms with Gasteiger partial charge in [0.25, 0.3) is 0 Å². The molecule has 2 atom stereocenters. The van der Waals surface area contributed by atoms with Crippen LogP contribution >= 0.6 is 0 Å². The first-order chi connectivity index (χ1) is 28.6. The molecule has 0 amide bonds. The van der Waals surface area contributed by atoms with E-state index in [-0.39, 0.29) is 49.1 Å². The number of likely N-dealkylation sites (N-methyl/N-ethyl adjacent to an activating group) is 1. The average molecular weight is 815 g/mol. The summed E-state index contributed by atoms with van der Waals surface area (Å²) in [5.74, 6) is -1.66. The fraction of sp³-hybridized carbons (Fsp3) is 0.471. The van der Waals surface area contributed by atoms with Gasteiger partial charge in [-0.15, -0.1) is 0 Å². The largest absolute Gasteiger partial charge is 0.477 e. The van der Waals surface area contributed by atoms with Gasteiger partial charge in [-0.25, -0.2) is 4.79 Å². The highest BCUT2D eigenvalue weighted by atomic mass is 16.6. The number of hydrogen-bond donors (Lipinski definition) is 1. The van der Waals surface area contributed by atoms with E-state index in [0.717, 1.165) is 57.8 Å². The molecular weight excluding hydrogens is 739 g/mol. The van der Waals surface area contributed by atoms with E-state index >= 15 is 0 Å². The number of carbonyl (C=O) groups excluding carboxylic acids is 2. The van der Waals surface area contributed by atoms with Gasteiger partial charge in [-0.3, -0.25) is 9.59 Å². The minimum Gasteiger partial charge on any atom is -0.477 e. The molecule has 0 aromatic carbocycles. The number of carbonyl (C=O) groups is 3. The van der Waals surface area contributed by atoms with E-state index in [4.69, 9.17) is 14.2 Å². The van der Waals surface area contributed by atoms with Crippen molar-refractivity contribution in [1.82, 2.24) is 0 Å². The molecule has 0 aromatic heterocycles. The number of allylic oxidation sites excluding steroid dienone is 24. The fourth-order valence-electron chi connectivity index (χ4n) is 5.18. The van der Waals surface area contributed by atoms with Gasteiger partial charge in [-0.05, 0) is 64.2 Å². The van der Waals surface area contributed by atoms with Crippen LogP contribution in [0.3, 0.4) is 0 Å². The lowest BCUT2D eigenvalue weighted by atomic mass is 10.1. The predicted octanol–water partition coefficient (Wildman–Crippen LogP) is 11.8. The van der Waals surface area contributed by atoms with Crippen LogP contribution in [0, 0.1) is 0 Å². The molecular formula is C51H76NO7+. The van der Waals surface area contributed by atoms with Gasteiger partial charge >= 0.3 is 17.9 Å². The third-order valence-corrected chi connectivity index (χ3v) is 8.44. The van der Waals surface area contributed by atoms with Gasteiger partial charge in [0.1, 0.15) is 6.61 Å². The van der Waals surface area contributed by atoms with Crippen molar-refractivity contribution in [2.75, 3.05) is 41.0 Å². The van der Waals surface area contributed by atoms with Crippen LogP contribution in [0.1, 0.15) is 104 Å². The Bertz CT molecular complexity index is 1460. The highest BCUT2D eigenvalue weighted by Crippen LogP contribution is 2.11. The smallest absolute Gasteiger partial charge is 0.362 e. The maximum atomic E-state index is 12.7. The van der Waals surface area contributed by atoms with Crippen LogP contribution in [0.25, 0.3) is 0 Å². The summed E-state index contributed by atoms with van der Waals surface area (Å²) < 4.78 is 17.1. The Balaban J connectivity index is 4.63. The van der Waals surface area contributed by atoms with E-state index in [2.05, 4.69) is 74.6 Å². The second-order valence-corrected chi connectivity index (χ2v) is 14.7.